The van der Waals surface area contributed by atoms with E-state index in [2.05, 4.69) is 20.6 Å². The van der Waals surface area contributed by atoms with Gasteiger partial charge < -0.3 is 5.32 Å². The highest BCUT2D eigenvalue weighted by Crippen LogP contribution is 2.25. The molecule has 0 unspecified atom stereocenters. The van der Waals surface area contributed by atoms with Gasteiger partial charge in [0.25, 0.3) is 0 Å². The van der Waals surface area contributed by atoms with Crippen molar-refractivity contribution in [2.24, 2.45) is 0 Å². The van der Waals surface area contributed by atoms with Crippen LogP contribution in [0.25, 0.3) is 0 Å². The van der Waals surface area contributed by atoms with E-state index in [1.54, 1.807) is 10.9 Å². The van der Waals surface area contributed by atoms with Crippen molar-refractivity contribution in [3.05, 3.63) is 22.4 Å². The van der Waals surface area contributed by atoms with Crippen LogP contribution in [0.1, 0.15) is 11.3 Å². The summed E-state index contributed by atoms with van der Waals surface area (Å²) in [5, 5.41) is 20.3. The molecule has 2 aromatic heterocycles. The van der Waals surface area contributed by atoms with Gasteiger partial charge in [0, 0.05) is 19.3 Å². The molecule has 17 heavy (non-hydrogen) atoms. The first kappa shape index (κ1) is 11.8. The van der Waals surface area contributed by atoms with Gasteiger partial charge in [-0.05, 0) is 6.42 Å². The predicted octanol–water partition coefficient (Wildman–Crippen LogP) is 1.76. The molecule has 0 bridgehead atoms. The van der Waals surface area contributed by atoms with Crippen molar-refractivity contribution in [1.29, 1.82) is 5.26 Å². The maximum absolute atomic E-state index is 8.72. The molecule has 0 amide bonds. The van der Waals surface area contributed by atoms with Crippen molar-refractivity contribution in [3.63, 3.8) is 0 Å². The van der Waals surface area contributed by atoms with Crippen LogP contribution in [0.15, 0.2) is 12.4 Å². The molecule has 2 rings (SSSR count). The van der Waals surface area contributed by atoms with E-state index >= 15 is 0 Å². The average Bonchev–Trinajstić information content (AvgIpc) is 2.94. The predicted molar refractivity (Wildman–Crippen MR) is 65.0 cm³/mol. The minimum Gasteiger partial charge on any atom is -0.361 e. The lowest BCUT2D eigenvalue weighted by Crippen LogP contribution is -2.07. The van der Waals surface area contributed by atoms with Gasteiger partial charge in [0.15, 0.2) is 10.3 Å². The van der Waals surface area contributed by atoms with E-state index in [1.165, 1.54) is 11.3 Å². The molecule has 0 aliphatic carbocycles. The molecule has 0 fully saturated rings. The summed E-state index contributed by atoms with van der Waals surface area (Å²) in [6.07, 6.45) is 4.35. The van der Waals surface area contributed by atoms with Crippen molar-refractivity contribution in [3.8, 4) is 6.07 Å². The monoisotopic (exact) mass is 268 g/mol. The summed E-state index contributed by atoms with van der Waals surface area (Å²) in [5.74, 6) is 0. The smallest absolute Gasteiger partial charge is 0.185 e. The highest BCUT2D eigenvalue weighted by Gasteiger charge is 2.07. The van der Waals surface area contributed by atoms with E-state index in [0.717, 1.165) is 19.5 Å². The van der Waals surface area contributed by atoms with Crippen LogP contribution in [-0.2, 0) is 6.54 Å². The number of halogens is 1. The molecule has 1 N–H and O–H groups in total. The Kier molecular flexibility index (Phi) is 3.90. The number of anilines is 1. The molecule has 2 aromatic rings. The Morgan fingerprint density at radius 3 is 3.12 bits per heavy atom. The quantitative estimate of drug-likeness (QED) is 0.836. The molecule has 2 heterocycles. The Morgan fingerprint density at radius 1 is 1.59 bits per heavy atom. The van der Waals surface area contributed by atoms with Crippen LogP contribution in [0.5, 0.6) is 0 Å². The van der Waals surface area contributed by atoms with Crippen LogP contribution < -0.4 is 5.32 Å². The third-order valence-corrected chi connectivity index (χ3v) is 3.30. The first-order valence-electron chi connectivity index (χ1n) is 4.94. The van der Waals surface area contributed by atoms with Crippen LogP contribution in [0.2, 0.25) is 5.15 Å². The molecule has 8 heteroatoms. The average molecular weight is 269 g/mol. The zero-order chi connectivity index (χ0) is 12.1. The molecule has 6 nitrogen and oxygen atoms in total. The SMILES string of the molecule is N#Cc1sc(NCCCn2ccnn2)nc1Cl. The molecule has 0 aliphatic rings. The summed E-state index contributed by atoms with van der Waals surface area (Å²) in [6, 6.07) is 1.99. The van der Waals surface area contributed by atoms with E-state index in [0.29, 0.717) is 10.0 Å². The number of hydrogen-bond donors (Lipinski definition) is 1. The van der Waals surface area contributed by atoms with E-state index in [1.807, 2.05) is 12.3 Å². The van der Waals surface area contributed by atoms with Crippen LogP contribution in [-0.4, -0.2) is 26.5 Å². The third kappa shape index (κ3) is 3.15. The summed E-state index contributed by atoms with van der Waals surface area (Å²) in [6.45, 7) is 1.53. The van der Waals surface area contributed by atoms with Gasteiger partial charge in [-0.1, -0.05) is 28.2 Å². The van der Waals surface area contributed by atoms with Crippen molar-refractivity contribution in [2.45, 2.75) is 13.0 Å². The van der Waals surface area contributed by atoms with Crippen molar-refractivity contribution < 1.29 is 0 Å². The molecular weight excluding hydrogens is 260 g/mol. The van der Waals surface area contributed by atoms with Crippen LogP contribution >= 0.6 is 22.9 Å². The lowest BCUT2D eigenvalue weighted by Gasteiger charge is -2.01. The van der Waals surface area contributed by atoms with E-state index in [-0.39, 0.29) is 5.15 Å². The molecule has 0 radical (unpaired) electrons. The summed E-state index contributed by atoms with van der Waals surface area (Å²) >= 11 is 7.01. The number of hydrogen-bond acceptors (Lipinski definition) is 6. The summed E-state index contributed by atoms with van der Waals surface area (Å²) < 4.78 is 1.76. The maximum Gasteiger partial charge on any atom is 0.185 e. The van der Waals surface area contributed by atoms with E-state index < -0.39 is 0 Å². The van der Waals surface area contributed by atoms with Crippen molar-refractivity contribution >= 4 is 28.1 Å². The minimum atomic E-state index is 0.260. The zero-order valence-electron chi connectivity index (χ0n) is 8.80. The highest BCUT2D eigenvalue weighted by atomic mass is 35.5. The van der Waals surface area contributed by atoms with Gasteiger partial charge in [0.2, 0.25) is 0 Å². The Bertz CT molecular complexity index is 514. The second kappa shape index (κ2) is 5.61. The number of rotatable bonds is 5. The molecule has 88 valence electrons. The summed E-state index contributed by atoms with van der Waals surface area (Å²) in [5.41, 5.74) is 0. The Hall–Kier alpha value is -1.65. The molecule has 0 atom stereocenters. The molecule has 0 aromatic carbocycles. The fourth-order valence-electron chi connectivity index (χ4n) is 1.23. The number of nitrogens with one attached hydrogen (secondary N) is 1. The fourth-order valence-corrected chi connectivity index (χ4v) is 2.21. The summed E-state index contributed by atoms with van der Waals surface area (Å²) in [7, 11) is 0. The van der Waals surface area contributed by atoms with Gasteiger partial charge in [0.05, 0.1) is 6.20 Å². The fraction of sp³-hybridized carbons (Fsp3) is 0.333. The van der Waals surface area contributed by atoms with Gasteiger partial charge in [-0.15, -0.1) is 5.10 Å². The minimum absolute atomic E-state index is 0.260. The second-order valence-electron chi connectivity index (χ2n) is 3.20. The zero-order valence-corrected chi connectivity index (χ0v) is 10.4. The Balaban J connectivity index is 1.76. The lowest BCUT2D eigenvalue weighted by molar-refractivity contribution is 0.570. The first-order valence-corrected chi connectivity index (χ1v) is 6.13. The van der Waals surface area contributed by atoms with Crippen molar-refractivity contribution in [1.82, 2.24) is 20.0 Å². The number of aryl methyl sites for hydroxylation is 1. The lowest BCUT2D eigenvalue weighted by atomic mass is 10.4. The van der Waals surface area contributed by atoms with Crippen LogP contribution in [0.4, 0.5) is 5.13 Å². The number of aromatic nitrogens is 4. The van der Waals surface area contributed by atoms with E-state index in [4.69, 9.17) is 16.9 Å². The third-order valence-electron chi connectivity index (χ3n) is 2.00. The van der Waals surface area contributed by atoms with E-state index in [9.17, 15) is 0 Å². The number of thiazole rings is 1. The number of nitriles is 1. The topological polar surface area (TPSA) is 79.4 Å². The Labute approximate surface area is 107 Å². The largest absolute Gasteiger partial charge is 0.361 e. The highest BCUT2D eigenvalue weighted by molar-refractivity contribution is 7.16. The summed E-state index contributed by atoms with van der Waals surface area (Å²) in [4.78, 5) is 4.47. The molecular formula is C9H9ClN6S. The standard InChI is InChI=1S/C9H9ClN6S/c10-8-7(6-11)17-9(14-8)12-2-1-4-16-5-3-13-15-16/h3,5H,1-2,4H2,(H,12,14). The number of nitrogens with zero attached hydrogens (tertiary/aromatic N) is 5. The molecule has 0 spiro atoms. The van der Waals surface area contributed by atoms with Crippen LogP contribution in [0.3, 0.4) is 0 Å². The van der Waals surface area contributed by atoms with Gasteiger partial charge >= 0.3 is 0 Å². The first-order chi connectivity index (χ1) is 8.29. The van der Waals surface area contributed by atoms with Crippen molar-refractivity contribution in [2.75, 3.05) is 11.9 Å². The second-order valence-corrected chi connectivity index (χ2v) is 4.55. The van der Waals surface area contributed by atoms with Gasteiger partial charge in [-0.25, -0.2) is 4.98 Å². The van der Waals surface area contributed by atoms with Gasteiger partial charge in [-0.3, -0.25) is 4.68 Å². The molecule has 0 saturated heterocycles. The molecule has 0 saturated carbocycles. The normalized spacial score (nSPS) is 10.1. The van der Waals surface area contributed by atoms with Crippen LogP contribution in [0, 0.1) is 11.3 Å². The van der Waals surface area contributed by atoms with Gasteiger partial charge in [-0.2, -0.15) is 5.26 Å². The molecule has 0 aliphatic heterocycles. The maximum atomic E-state index is 8.72. The Morgan fingerprint density at radius 2 is 2.47 bits per heavy atom. The van der Waals surface area contributed by atoms with Gasteiger partial charge in [0.1, 0.15) is 10.9 Å².